The molecule has 114 valence electrons. The summed E-state index contributed by atoms with van der Waals surface area (Å²) < 4.78 is 14.5. The molecule has 2 rings (SSSR count). The maximum Gasteiger partial charge on any atom is 0.170 e. The van der Waals surface area contributed by atoms with Gasteiger partial charge in [-0.25, -0.2) is 14.4 Å². The van der Waals surface area contributed by atoms with Crippen LogP contribution in [0.15, 0.2) is 17.6 Å². The average Bonchev–Trinajstić information content (AvgIpc) is 2.82. The number of rotatable bonds is 6. The molecule has 6 heteroatoms. The highest BCUT2D eigenvalue weighted by atomic mass is 32.1. The maximum atomic E-state index is 14.5. The van der Waals surface area contributed by atoms with Crippen LogP contribution in [-0.2, 0) is 13.1 Å². The van der Waals surface area contributed by atoms with Crippen molar-refractivity contribution < 1.29 is 4.39 Å². The van der Waals surface area contributed by atoms with Crippen molar-refractivity contribution >= 4 is 17.2 Å². The summed E-state index contributed by atoms with van der Waals surface area (Å²) in [7, 11) is 1.83. The van der Waals surface area contributed by atoms with Gasteiger partial charge in [0.15, 0.2) is 11.6 Å². The molecule has 21 heavy (non-hydrogen) atoms. The Labute approximate surface area is 129 Å². The van der Waals surface area contributed by atoms with Gasteiger partial charge in [0.25, 0.3) is 0 Å². The van der Waals surface area contributed by atoms with E-state index in [2.05, 4.69) is 15.3 Å². The van der Waals surface area contributed by atoms with Crippen LogP contribution < -0.4 is 10.2 Å². The largest absolute Gasteiger partial charge is 0.351 e. The smallest absolute Gasteiger partial charge is 0.170 e. The number of hydrogen-bond donors (Lipinski definition) is 1. The zero-order valence-electron chi connectivity index (χ0n) is 12.9. The molecule has 0 aliphatic heterocycles. The van der Waals surface area contributed by atoms with Gasteiger partial charge in [-0.15, -0.1) is 11.3 Å². The highest BCUT2D eigenvalue weighted by molar-refractivity contribution is 7.09. The summed E-state index contributed by atoms with van der Waals surface area (Å²) in [5.74, 6) is 0.101. The number of nitrogens with zero attached hydrogens (tertiary/aromatic N) is 3. The first-order valence-electron chi connectivity index (χ1n) is 6.96. The summed E-state index contributed by atoms with van der Waals surface area (Å²) in [6, 6.07) is 2.03. The van der Waals surface area contributed by atoms with E-state index in [4.69, 9.17) is 0 Å². The van der Waals surface area contributed by atoms with E-state index in [0.29, 0.717) is 30.5 Å². The summed E-state index contributed by atoms with van der Waals surface area (Å²) in [5, 5.41) is 6.23. The molecule has 1 N–H and O–H groups in total. The molecule has 2 heterocycles. The molecule has 0 amide bonds. The summed E-state index contributed by atoms with van der Waals surface area (Å²) in [5.41, 5.74) is 1.57. The number of anilines is 1. The SMILES string of the molecule is Cc1nc(CN(C)c2nccc(CNC(C)C)c2F)cs1. The van der Waals surface area contributed by atoms with E-state index in [1.54, 1.807) is 28.5 Å². The second-order valence-electron chi connectivity index (χ2n) is 5.36. The van der Waals surface area contributed by atoms with Crippen LogP contribution in [0, 0.1) is 12.7 Å². The molecule has 4 nitrogen and oxygen atoms in total. The number of aryl methyl sites for hydroxylation is 1. The molecule has 2 aromatic heterocycles. The Bertz CT molecular complexity index is 597. The van der Waals surface area contributed by atoms with Gasteiger partial charge in [-0.05, 0) is 13.0 Å². The Kier molecular flexibility index (Phi) is 5.25. The third-order valence-corrected chi connectivity index (χ3v) is 3.90. The highest BCUT2D eigenvalue weighted by Gasteiger charge is 2.14. The van der Waals surface area contributed by atoms with Crippen LogP contribution in [0.1, 0.15) is 30.1 Å². The quantitative estimate of drug-likeness (QED) is 0.890. The standard InChI is InChI=1S/C15H21FN4S/c1-10(2)18-7-12-5-6-17-15(14(12)16)20(4)8-13-9-21-11(3)19-13/h5-6,9-10,18H,7-8H2,1-4H3. The van der Waals surface area contributed by atoms with Gasteiger partial charge >= 0.3 is 0 Å². The number of aromatic nitrogens is 2. The molecule has 0 aliphatic rings. The summed E-state index contributed by atoms with van der Waals surface area (Å²) in [6.07, 6.45) is 1.65. The third-order valence-electron chi connectivity index (χ3n) is 3.08. The second kappa shape index (κ2) is 6.95. The van der Waals surface area contributed by atoms with Gasteiger partial charge in [0.1, 0.15) is 0 Å². The lowest BCUT2D eigenvalue weighted by atomic mass is 10.2. The molecule has 0 saturated carbocycles. The van der Waals surface area contributed by atoms with Crippen LogP contribution in [0.25, 0.3) is 0 Å². The van der Waals surface area contributed by atoms with Crippen LogP contribution in [0.4, 0.5) is 10.2 Å². The molecule has 0 fully saturated rings. The number of hydrogen-bond acceptors (Lipinski definition) is 5. The molecular formula is C15H21FN4S. The summed E-state index contributed by atoms with van der Waals surface area (Å²) in [6.45, 7) is 7.09. The van der Waals surface area contributed by atoms with Crippen LogP contribution in [-0.4, -0.2) is 23.1 Å². The first-order chi connectivity index (χ1) is 9.97. The van der Waals surface area contributed by atoms with E-state index in [0.717, 1.165) is 10.7 Å². The Balaban J connectivity index is 2.13. The molecule has 0 aromatic carbocycles. The van der Waals surface area contributed by atoms with Gasteiger partial charge in [0, 0.05) is 36.8 Å². The van der Waals surface area contributed by atoms with Crippen molar-refractivity contribution in [2.75, 3.05) is 11.9 Å². The number of thiazole rings is 1. The van der Waals surface area contributed by atoms with E-state index in [9.17, 15) is 4.39 Å². The van der Waals surface area contributed by atoms with Crippen LogP contribution in [0.3, 0.4) is 0 Å². The zero-order chi connectivity index (χ0) is 15.4. The third kappa shape index (κ3) is 4.22. The van der Waals surface area contributed by atoms with Gasteiger partial charge in [0.2, 0.25) is 0 Å². The normalized spacial score (nSPS) is 11.1. The first kappa shape index (κ1) is 15.9. The van der Waals surface area contributed by atoms with E-state index in [-0.39, 0.29) is 5.82 Å². The lowest BCUT2D eigenvalue weighted by molar-refractivity contribution is 0.548. The van der Waals surface area contributed by atoms with Crippen molar-refractivity contribution in [2.24, 2.45) is 0 Å². The van der Waals surface area contributed by atoms with Crippen molar-refractivity contribution in [3.05, 3.63) is 39.7 Å². The van der Waals surface area contributed by atoms with E-state index >= 15 is 0 Å². The molecular weight excluding hydrogens is 287 g/mol. The van der Waals surface area contributed by atoms with Crippen LogP contribution in [0.2, 0.25) is 0 Å². The van der Waals surface area contributed by atoms with Crippen molar-refractivity contribution in [3.8, 4) is 0 Å². The Hall–Kier alpha value is -1.53. The fourth-order valence-electron chi connectivity index (χ4n) is 1.99. The van der Waals surface area contributed by atoms with Crippen LogP contribution in [0.5, 0.6) is 0 Å². The van der Waals surface area contributed by atoms with Gasteiger partial charge < -0.3 is 10.2 Å². The van der Waals surface area contributed by atoms with E-state index in [1.807, 2.05) is 33.2 Å². The predicted molar refractivity (Wildman–Crippen MR) is 85.1 cm³/mol. The van der Waals surface area contributed by atoms with Crippen LogP contribution >= 0.6 is 11.3 Å². The highest BCUT2D eigenvalue weighted by Crippen LogP contribution is 2.20. The molecule has 0 aliphatic carbocycles. The molecule has 0 saturated heterocycles. The number of pyridine rings is 1. The first-order valence-corrected chi connectivity index (χ1v) is 7.84. The van der Waals surface area contributed by atoms with Gasteiger partial charge in [-0.1, -0.05) is 13.8 Å². The monoisotopic (exact) mass is 308 g/mol. The van der Waals surface area contributed by atoms with E-state index in [1.165, 1.54) is 0 Å². The Morgan fingerprint density at radius 1 is 1.43 bits per heavy atom. The van der Waals surface area contributed by atoms with Crippen molar-refractivity contribution in [3.63, 3.8) is 0 Å². The topological polar surface area (TPSA) is 41.1 Å². The minimum atomic E-state index is -0.264. The van der Waals surface area contributed by atoms with Gasteiger partial charge in [0.05, 0.1) is 17.2 Å². The second-order valence-corrected chi connectivity index (χ2v) is 6.42. The summed E-state index contributed by atoms with van der Waals surface area (Å²) in [4.78, 5) is 10.4. The minimum Gasteiger partial charge on any atom is -0.351 e. The minimum absolute atomic E-state index is 0.264. The van der Waals surface area contributed by atoms with Crippen molar-refractivity contribution in [1.29, 1.82) is 0 Å². The molecule has 0 spiro atoms. The van der Waals surface area contributed by atoms with Gasteiger partial charge in [-0.2, -0.15) is 0 Å². The lowest BCUT2D eigenvalue weighted by Gasteiger charge is -2.19. The fourth-order valence-corrected chi connectivity index (χ4v) is 2.59. The molecule has 0 radical (unpaired) electrons. The fraction of sp³-hybridized carbons (Fsp3) is 0.467. The Morgan fingerprint density at radius 3 is 2.81 bits per heavy atom. The zero-order valence-corrected chi connectivity index (χ0v) is 13.7. The lowest BCUT2D eigenvalue weighted by Crippen LogP contribution is -2.24. The predicted octanol–water partition coefficient (Wildman–Crippen LogP) is 3.12. The summed E-state index contributed by atoms with van der Waals surface area (Å²) >= 11 is 1.60. The maximum absolute atomic E-state index is 14.5. The Morgan fingerprint density at radius 2 is 2.19 bits per heavy atom. The molecule has 0 bridgehead atoms. The van der Waals surface area contributed by atoms with Crippen molar-refractivity contribution in [2.45, 2.75) is 39.9 Å². The molecule has 0 atom stereocenters. The molecule has 2 aromatic rings. The molecule has 0 unspecified atom stereocenters. The number of halogens is 1. The van der Waals surface area contributed by atoms with Gasteiger partial charge in [-0.3, -0.25) is 0 Å². The number of nitrogens with one attached hydrogen (secondary N) is 1. The average molecular weight is 308 g/mol. The van der Waals surface area contributed by atoms with E-state index < -0.39 is 0 Å². The van der Waals surface area contributed by atoms with Crippen molar-refractivity contribution in [1.82, 2.24) is 15.3 Å².